The Kier molecular flexibility index (Phi) is 4.62. The van der Waals surface area contributed by atoms with Gasteiger partial charge in [0.1, 0.15) is 5.92 Å². The second-order valence-electron chi connectivity index (χ2n) is 4.71. The fourth-order valence-corrected chi connectivity index (χ4v) is 2.14. The zero-order valence-electron chi connectivity index (χ0n) is 11.4. The van der Waals surface area contributed by atoms with Gasteiger partial charge < -0.3 is 0 Å². The number of aryl methyl sites for hydroxylation is 2. The molecule has 0 fully saturated rings. The third kappa shape index (κ3) is 3.30. The van der Waals surface area contributed by atoms with Crippen LogP contribution in [0.25, 0.3) is 0 Å². The maximum absolute atomic E-state index is 12.2. The van der Waals surface area contributed by atoms with Gasteiger partial charge in [0.15, 0.2) is 5.78 Å². The Morgan fingerprint density at radius 2 is 2.00 bits per heavy atom. The monoisotopic (exact) mass is 264 g/mol. The van der Waals surface area contributed by atoms with E-state index in [1.807, 2.05) is 31.2 Å². The summed E-state index contributed by atoms with van der Waals surface area (Å²) in [7, 11) is 0. The van der Waals surface area contributed by atoms with Crippen molar-refractivity contribution in [2.24, 2.45) is 0 Å². The lowest BCUT2D eigenvalue weighted by Gasteiger charge is -2.08. The number of benzene rings is 1. The van der Waals surface area contributed by atoms with Gasteiger partial charge in [0, 0.05) is 12.6 Å². The lowest BCUT2D eigenvalue weighted by Crippen LogP contribution is -2.13. The van der Waals surface area contributed by atoms with Crippen LogP contribution in [-0.4, -0.2) is 10.8 Å². The molecular formula is C17H16N2O. The van der Waals surface area contributed by atoms with Crippen LogP contribution in [0, 0.1) is 18.3 Å². The predicted molar refractivity (Wildman–Crippen MR) is 77.1 cm³/mol. The predicted octanol–water partition coefficient (Wildman–Crippen LogP) is 3.20. The molecule has 0 spiro atoms. The van der Waals surface area contributed by atoms with E-state index in [2.05, 4.69) is 11.1 Å². The van der Waals surface area contributed by atoms with Crippen molar-refractivity contribution in [2.75, 3.05) is 0 Å². The summed E-state index contributed by atoms with van der Waals surface area (Å²) in [5, 5.41) is 9.19. The van der Waals surface area contributed by atoms with Crippen LogP contribution in [0.3, 0.4) is 0 Å². The topological polar surface area (TPSA) is 53.8 Å². The summed E-state index contributed by atoms with van der Waals surface area (Å²) in [6.07, 6.45) is 2.63. The molecule has 1 heterocycles. The summed E-state index contributed by atoms with van der Waals surface area (Å²) >= 11 is 0. The van der Waals surface area contributed by atoms with Crippen molar-refractivity contribution in [2.45, 2.75) is 25.7 Å². The number of aromatic nitrogens is 1. The highest BCUT2D eigenvalue weighted by molar-refractivity contribution is 5.88. The van der Waals surface area contributed by atoms with Gasteiger partial charge in [0.2, 0.25) is 0 Å². The van der Waals surface area contributed by atoms with Crippen LogP contribution in [0.2, 0.25) is 0 Å². The maximum Gasteiger partial charge on any atom is 0.156 e. The van der Waals surface area contributed by atoms with Gasteiger partial charge in [-0.15, -0.1) is 0 Å². The molecule has 3 nitrogen and oxygen atoms in total. The molecule has 100 valence electrons. The summed E-state index contributed by atoms with van der Waals surface area (Å²) in [5.41, 5.74) is 2.86. The summed E-state index contributed by atoms with van der Waals surface area (Å²) in [6.45, 7) is 2.03. The highest BCUT2D eigenvalue weighted by atomic mass is 16.1. The van der Waals surface area contributed by atoms with E-state index in [9.17, 15) is 10.1 Å². The number of carbonyl (C=O) groups is 1. The highest BCUT2D eigenvalue weighted by Crippen LogP contribution is 2.17. The molecule has 1 unspecified atom stereocenters. The number of ketones is 1. The SMILES string of the molecule is Cc1ccccc1CCC(=O)C(C#N)c1ccccn1. The lowest BCUT2D eigenvalue weighted by molar-refractivity contribution is -0.119. The van der Waals surface area contributed by atoms with Crippen molar-refractivity contribution < 1.29 is 4.79 Å². The van der Waals surface area contributed by atoms with E-state index in [0.717, 1.165) is 5.56 Å². The second-order valence-corrected chi connectivity index (χ2v) is 4.71. The molecule has 2 rings (SSSR count). The van der Waals surface area contributed by atoms with Crippen molar-refractivity contribution in [3.63, 3.8) is 0 Å². The average Bonchev–Trinajstić information content (AvgIpc) is 2.48. The number of rotatable bonds is 5. The van der Waals surface area contributed by atoms with E-state index in [1.165, 1.54) is 5.56 Å². The van der Waals surface area contributed by atoms with Crippen molar-refractivity contribution in [3.05, 3.63) is 65.5 Å². The maximum atomic E-state index is 12.2. The second kappa shape index (κ2) is 6.63. The van der Waals surface area contributed by atoms with Crippen molar-refractivity contribution in [1.82, 2.24) is 4.98 Å². The van der Waals surface area contributed by atoms with Crippen LogP contribution in [0.1, 0.15) is 29.2 Å². The van der Waals surface area contributed by atoms with Crippen LogP contribution in [0.5, 0.6) is 0 Å². The Balaban J connectivity index is 2.05. The van der Waals surface area contributed by atoms with E-state index >= 15 is 0 Å². The van der Waals surface area contributed by atoms with Crippen molar-refractivity contribution in [1.29, 1.82) is 5.26 Å². The minimum absolute atomic E-state index is 0.0746. The van der Waals surface area contributed by atoms with Gasteiger partial charge >= 0.3 is 0 Å². The number of nitriles is 1. The highest BCUT2D eigenvalue weighted by Gasteiger charge is 2.20. The standard InChI is InChI=1S/C17H16N2O/c1-13-6-2-3-7-14(13)9-10-17(20)15(12-18)16-8-4-5-11-19-16/h2-8,11,15H,9-10H2,1H3. The number of nitrogens with zero attached hydrogens (tertiary/aromatic N) is 2. The van der Waals surface area contributed by atoms with E-state index in [-0.39, 0.29) is 5.78 Å². The van der Waals surface area contributed by atoms with Gasteiger partial charge in [0.25, 0.3) is 0 Å². The first kappa shape index (κ1) is 14.0. The molecule has 1 atom stereocenters. The molecule has 0 bridgehead atoms. The third-order valence-electron chi connectivity index (χ3n) is 3.34. The first-order valence-electron chi connectivity index (χ1n) is 6.60. The summed E-state index contributed by atoms with van der Waals surface area (Å²) < 4.78 is 0. The van der Waals surface area contributed by atoms with E-state index < -0.39 is 5.92 Å². The Hall–Kier alpha value is -2.47. The minimum Gasteiger partial charge on any atom is -0.298 e. The molecule has 0 aliphatic rings. The molecule has 1 aromatic heterocycles. The molecule has 0 aliphatic heterocycles. The van der Waals surface area contributed by atoms with E-state index in [4.69, 9.17) is 0 Å². The van der Waals surface area contributed by atoms with E-state index in [1.54, 1.807) is 24.4 Å². The normalized spacial score (nSPS) is 11.6. The molecule has 0 saturated carbocycles. The van der Waals surface area contributed by atoms with Crippen LogP contribution < -0.4 is 0 Å². The Bertz CT molecular complexity index is 629. The molecule has 2 aromatic rings. The molecule has 3 heteroatoms. The van der Waals surface area contributed by atoms with Crippen LogP contribution in [0.15, 0.2) is 48.7 Å². The number of Topliss-reactive ketones (excluding diaryl/α,β-unsaturated/α-hetero) is 1. The van der Waals surface area contributed by atoms with E-state index in [0.29, 0.717) is 18.5 Å². The van der Waals surface area contributed by atoms with Crippen molar-refractivity contribution >= 4 is 5.78 Å². The van der Waals surface area contributed by atoms with Crippen LogP contribution in [0.4, 0.5) is 0 Å². The number of hydrogen-bond donors (Lipinski definition) is 0. The first-order chi connectivity index (χ1) is 9.72. The van der Waals surface area contributed by atoms with Gasteiger partial charge in [-0.3, -0.25) is 9.78 Å². The molecule has 0 aliphatic carbocycles. The largest absolute Gasteiger partial charge is 0.298 e. The average molecular weight is 264 g/mol. The Labute approximate surface area is 118 Å². The molecule has 0 N–H and O–H groups in total. The number of pyridine rings is 1. The Morgan fingerprint density at radius 1 is 1.25 bits per heavy atom. The van der Waals surface area contributed by atoms with Gasteiger partial charge in [-0.25, -0.2) is 0 Å². The molecule has 0 radical (unpaired) electrons. The zero-order chi connectivity index (χ0) is 14.4. The molecule has 0 saturated heterocycles. The van der Waals surface area contributed by atoms with Gasteiger partial charge in [-0.2, -0.15) is 5.26 Å². The molecule has 1 aromatic carbocycles. The first-order valence-corrected chi connectivity index (χ1v) is 6.60. The molecule has 0 amide bonds. The minimum atomic E-state index is -0.764. The fraction of sp³-hybridized carbons (Fsp3) is 0.235. The third-order valence-corrected chi connectivity index (χ3v) is 3.34. The van der Waals surface area contributed by atoms with Gasteiger partial charge in [-0.1, -0.05) is 30.3 Å². The van der Waals surface area contributed by atoms with Crippen molar-refractivity contribution in [3.8, 4) is 6.07 Å². The number of carbonyl (C=O) groups excluding carboxylic acids is 1. The molecule has 20 heavy (non-hydrogen) atoms. The van der Waals surface area contributed by atoms with Gasteiger partial charge in [0.05, 0.1) is 11.8 Å². The fourth-order valence-electron chi connectivity index (χ4n) is 2.14. The summed E-state index contributed by atoms with van der Waals surface area (Å²) in [6, 6.07) is 15.3. The smallest absolute Gasteiger partial charge is 0.156 e. The summed E-state index contributed by atoms with van der Waals surface area (Å²) in [4.78, 5) is 16.3. The van der Waals surface area contributed by atoms with Crippen LogP contribution in [-0.2, 0) is 11.2 Å². The summed E-state index contributed by atoms with van der Waals surface area (Å²) in [5.74, 6) is -0.838. The zero-order valence-corrected chi connectivity index (χ0v) is 11.4. The molecular weight excluding hydrogens is 248 g/mol. The number of hydrogen-bond acceptors (Lipinski definition) is 3. The van der Waals surface area contributed by atoms with Gasteiger partial charge in [-0.05, 0) is 36.6 Å². The van der Waals surface area contributed by atoms with Crippen LogP contribution >= 0.6 is 0 Å². The lowest BCUT2D eigenvalue weighted by atomic mass is 9.95. The Morgan fingerprint density at radius 3 is 2.65 bits per heavy atom. The quantitative estimate of drug-likeness (QED) is 0.833.